The second-order valence-corrected chi connectivity index (χ2v) is 4.05. The molecule has 1 aliphatic rings. The van der Waals surface area contributed by atoms with Gasteiger partial charge in [-0.2, -0.15) is 0 Å². The van der Waals surface area contributed by atoms with Crippen LogP contribution in [0.5, 0.6) is 5.75 Å². The number of nitrogens with two attached hydrogens (primary N) is 1. The second kappa shape index (κ2) is 2.74. The number of aliphatic imine (C=N–C) groups is 1. The molecule has 2 N–H and O–H groups in total. The molecule has 0 fully saturated rings. The van der Waals surface area contributed by atoms with Crippen molar-refractivity contribution in [2.24, 2.45) is 10.7 Å². The highest BCUT2D eigenvalue weighted by Gasteiger charge is 2.26. The van der Waals surface area contributed by atoms with Crippen LogP contribution >= 0.6 is 0 Å². The van der Waals surface area contributed by atoms with Gasteiger partial charge in [-0.15, -0.1) is 0 Å². The van der Waals surface area contributed by atoms with Crippen molar-refractivity contribution in [1.82, 2.24) is 0 Å². The molecular formula is C11H14N2O. The van der Waals surface area contributed by atoms with Crippen LogP contribution in [0.1, 0.15) is 25.0 Å². The highest BCUT2D eigenvalue weighted by Crippen LogP contribution is 2.29. The molecule has 2 rings (SSSR count). The molecule has 0 saturated carbocycles. The molecule has 0 amide bonds. The van der Waals surface area contributed by atoms with Gasteiger partial charge in [0.25, 0.3) is 0 Å². The minimum atomic E-state index is -0.551. The fraction of sp³-hybridized carbons (Fsp3) is 0.364. The summed E-state index contributed by atoms with van der Waals surface area (Å²) in [6, 6.07) is 5.93. The van der Waals surface area contributed by atoms with Crippen molar-refractivity contribution in [3.63, 3.8) is 0 Å². The van der Waals surface area contributed by atoms with E-state index in [2.05, 4.69) is 4.99 Å². The molecule has 0 bridgehead atoms. The van der Waals surface area contributed by atoms with Crippen molar-refractivity contribution in [3.05, 3.63) is 29.3 Å². The first-order chi connectivity index (χ1) is 6.48. The monoisotopic (exact) mass is 190 g/mol. The highest BCUT2D eigenvalue weighted by molar-refractivity contribution is 6.00. The number of amidine groups is 1. The highest BCUT2D eigenvalue weighted by atomic mass is 16.5. The largest absolute Gasteiger partial charge is 0.466 e. The molecule has 14 heavy (non-hydrogen) atoms. The van der Waals surface area contributed by atoms with E-state index in [1.807, 2.05) is 39.0 Å². The first-order valence-corrected chi connectivity index (χ1v) is 4.63. The number of nitrogens with zero attached hydrogens (tertiary/aromatic N) is 1. The predicted molar refractivity (Wildman–Crippen MR) is 56.6 cm³/mol. The van der Waals surface area contributed by atoms with Gasteiger partial charge >= 0.3 is 0 Å². The van der Waals surface area contributed by atoms with E-state index >= 15 is 0 Å². The maximum atomic E-state index is 5.84. The Hall–Kier alpha value is -1.51. The second-order valence-electron chi connectivity index (χ2n) is 4.05. The molecule has 0 saturated heterocycles. The molecule has 0 aliphatic carbocycles. The van der Waals surface area contributed by atoms with Crippen LogP contribution in [0.3, 0.4) is 0 Å². The molecule has 1 aromatic carbocycles. The number of benzene rings is 1. The van der Waals surface area contributed by atoms with E-state index in [0.717, 1.165) is 16.9 Å². The Labute approximate surface area is 83.6 Å². The summed E-state index contributed by atoms with van der Waals surface area (Å²) in [6.07, 6.45) is 0. The molecule has 74 valence electrons. The molecule has 3 nitrogen and oxygen atoms in total. The minimum absolute atomic E-state index is 0.551. The lowest BCUT2D eigenvalue weighted by atomic mass is 10.1. The summed E-state index contributed by atoms with van der Waals surface area (Å²) in [5.74, 6) is 1.37. The Morgan fingerprint density at radius 2 is 2.07 bits per heavy atom. The van der Waals surface area contributed by atoms with Crippen molar-refractivity contribution in [3.8, 4) is 5.75 Å². The van der Waals surface area contributed by atoms with Gasteiger partial charge in [0.15, 0.2) is 5.72 Å². The summed E-state index contributed by atoms with van der Waals surface area (Å²) in [4.78, 5) is 4.26. The third-order valence-electron chi connectivity index (χ3n) is 2.16. The van der Waals surface area contributed by atoms with Crippen LogP contribution in [-0.2, 0) is 0 Å². The van der Waals surface area contributed by atoms with Crippen LogP contribution in [0.15, 0.2) is 23.2 Å². The Morgan fingerprint density at radius 1 is 1.36 bits per heavy atom. The van der Waals surface area contributed by atoms with Gasteiger partial charge < -0.3 is 10.5 Å². The van der Waals surface area contributed by atoms with Gasteiger partial charge in [0.05, 0.1) is 5.56 Å². The minimum Gasteiger partial charge on any atom is -0.466 e. The third-order valence-corrected chi connectivity index (χ3v) is 2.16. The van der Waals surface area contributed by atoms with Crippen molar-refractivity contribution in [2.75, 3.05) is 0 Å². The van der Waals surface area contributed by atoms with Gasteiger partial charge in [-0.25, -0.2) is 4.99 Å². The fourth-order valence-electron chi connectivity index (χ4n) is 1.57. The summed E-state index contributed by atoms with van der Waals surface area (Å²) in [5, 5.41) is 0. The number of aryl methyl sites for hydroxylation is 1. The number of rotatable bonds is 0. The lowest BCUT2D eigenvalue weighted by Crippen LogP contribution is -2.35. The zero-order valence-electron chi connectivity index (χ0n) is 8.66. The van der Waals surface area contributed by atoms with E-state index in [-0.39, 0.29) is 0 Å². The Balaban J connectivity index is 2.56. The first-order valence-electron chi connectivity index (χ1n) is 4.63. The number of ether oxygens (including phenoxy) is 1. The summed E-state index contributed by atoms with van der Waals surface area (Å²) >= 11 is 0. The van der Waals surface area contributed by atoms with E-state index in [4.69, 9.17) is 10.5 Å². The molecular weight excluding hydrogens is 176 g/mol. The van der Waals surface area contributed by atoms with Gasteiger partial charge in [0.2, 0.25) is 0 Å². The van der Waals surface area contributed by atoms with Gasteiger partial charge in [0, 0.05) is 0 Å². The van der Waals surface area contributed by atoms with Crippen molar-refractivity contribution >= 4 is 5.84 Å². The van der Waals surface area contributed by atoms with Gasteiger partial charge in [-0.1, -0.05) is 6.07 Å². The number of fused-ring (bicyclic) bond motifs is 1. The quantitative estimate of drug-likeness (QED) is 0.678. The standard InChI is InChI=1S/C11H14N2O/c1-7-4-5-8-9(6-7)14-11(2,3)13-10(8)12/h4-6H,1-3H3,(H2,12,13). The van der Waals surface area contributed by atoms with Gasteiger partial charge in [-0.3, -0.25) is 0 Å². The van der Waals surface area contributed by atoms with Crippen molar-refractivity contribution < 1.29 is 4.74 Å². The van der Waals surface area contributed by atoms with Gasteiger partial charge in [-0.05, 0) is 38.5 Å². The first kappa shape index (κ1) is 9.06. The fourth-order valence-corrected chi connectivity index (χ4v) is 1.57. The zero-order chi connectivity index (χ0) is 10.3. The molecule has 0 unspecified atom stereocenters. The maximum Gasteiger partial charge on any atom is 0.196 e. The molecule has 1 heterocycles. The van der Waals surface area contributed by atoms with E-state index in [0.29, 0.717) is 5.84 Å². The normalized spacial score (nSPS) is 18.1. The van der Waals surface area contributed by atoms with E-state index < -0.39 is 5.72 Å². The number of hydrogen-bond donors (Lipinski definition) is 1. The maximum absolute atomic E-state index is 5.84. The van der Waals surface area contributed by atoms with Crippen LogP contribution in [0.2, 0.25) is 0 Å². The molecule has 0 radical (unpaired) electrons. The third kappa shape index (κ3) is 1.45. The Morgan fingerprint density at radius 3 is 2.79 bits per heavy atom. The smallest absolute Gasteiger partial charge is 0.196 e. The van der Waals surface area contributed by atoms with E-state index in [1.165, 1.54) is 0 Å². The SMILES string of the molecule is Cc1ccc2c(c1)OC(C)(C)N=C2N. The summed E-state index contributed by atoms with van der Waals surface area (Å²) in [5.41, 5.74) is 7.34. The topological polar surface area (TPSA) is 47.6 Å². The van der Waals surface area contributed by atoms with Crippen LogP contribution in [0, 0.1) is 6.92 Å². The molecule has 0 aromatic heterocycles. The molecule has 1 aromatic rings. The Kier molecular flexibility index (Phi) is 1.77. The lowest BCUT2D eigenvalue weighted by molar-refractivity contribution is 0.115. The van der Waals surface area contributed by atoms with Crippen molar-refractivity contribution in [2.45, 2.75) is 26.5 Å². The van der Waals surface area contributed by atoms with Gasteiger partial charge in [0.1, 0.15) is 11.6 Å². The molecule has 0 spiro atoms. The summed E-state index contributed by atoms with van der Waals surface area (Å²) < 4.78 is 5.70. The average Bonchev–Trinajstić information content (AvgIpc) is 2.00. The summed E-state index contributed by atoms with van der Waals surface area (Å²) in [6.45, 7) is 5.81. The summed E-state index contributed by atoms with van der Waals surface area (Å²) in [7, 11) is 0. The average molecular weight is 190 g/mol. The number of hydrogen-bond acceptors (Lipinski definition) is 3. The van der Waals surface area contributed by atoms with Crippen LogP contribution < -0.4 is 10.5 Å². The van der Waals surface area contributed by atoms with Crippen LogP contribution in [-0.4, -0.2) is 11.6 Å². The Bertz CT molecular complexity index is 408. The predicted octanol–water partition coefficient (Wildman–Crippen LogP) is 1.83. The lowest BCUT2D eigenvalue weighted by Gasteiger charge is -2.28. The van der Waals surface area contributed by atoms with E-state index in [1.54, 1.807) is 0 Å². The zero-order valence-corrected chi connectivity index (χ0v) is 8.66. The molecule has 1 aliphatic heterocycles. The van der Waals surface area contributed by atoms with E-state index in [9.17, 15) is 0 Å². The van der Waals surface area contributed by atoms with Crippen LogP contribution in [0.4, 0.5) is 0 Å². The van der Waals surface area contributed by atoms with Crippen LogP contribution in [0.25, 0.3) is 0 Å². The van der Waals surface area contributed by atoms with Crippen molar-refractivity contribution in [1.29, 1.82) is 0 Å². The molecule has 3 heteroatoms. The molecule has 0 atom stereocenters.